The smallest absolute Gasteiger partial charge is 0.00130 e. The van der Waals surface area contributed by atoms with Gasteiger partial charge in [0.1, 0.15) is 0 Å². The normalized spacial score (nSPS) is 12.1. The number of benzene rings is 6. The van der Waals surface area contributed by atoms with E-state index in [0.717, 1.165) is 6.42 Å². The van der Waals surface area contributed by atoms with Crippen LogP contribution in [0.4, 0.5) is 0 Å². The third kappa shape index (κ3) is 3.07. The van der Waals surface area contributed by atoms with Gasteiger partial charge in [0.25, 0.3) is 0 Å². The van der Waals surface area contributed by atoms with Gasteiger partial charge in [-0.3, -0.25) is 0 Å². The van der Waals surface area contributed by atoms with Gasteiger partial charge in [0, 0.05) is 0 Å². The van der Waals surface area contributed by atoms with Crippen molar-refractivity contribution in [2.75, 3.05) is 0 Å². The lowest BCUT2D eigenvalue weighted by Crippen LogP contribution is -1.85. The van der Waals surface area contributed by atoms with E-state index >= 15 is 0 Å². The zero-order chi connectivity index (χ0) is 21.8. The summed E-state index contributed by atoms with van der Waals surface area (Å²) in [6.45, 7) is 0. The zero-order valence-electron chi connectivity index (χ0n) is 18.3. The molecular formula is C33H22. The molecule has 6 aromatic carbocycles. The lowest BCUT2D eigenvalue weighted by atomic mass is 9.96. The van der Waals surface area contributed by atoms with Crippen molar-refractivity contribution < 1.29 is 0 Å². The Labute approximate surface area is 193 Å². The zero-order valence-corrected chi connectivity index (χ0v) is 18.3. The van der Waals surface area contributed by atoms with E-state index in [2.05, 4.69) is 121 Å². The minimum absolute atomic E-state index is 0.994. The fourth-order valence-corrected chi connectivity index (χ4v) is 5.31. The number of rotatable bonds is 2. The van der Waals surface area contributed by atoms with Crippen molar-refractivity contribution in [2.45, 2.75) is 6.42 Å². The Balaban J connectivity index is 1.25. The topological polar surface area (TPSA) is 0 Å². The van der Waals surface area contributed by atoms with Crippen LogP contribution in [0.2, 0.25) is 0 Å². The molecule has 1 aliphatic carbocycles. The largest absolute Gasteiger partial charge is 0.0616 e. The molecule has 0 saturated heterocycles. The molecule has 0 nitrogen and oxygen atoms in total. The molecule has 0 atom stereocenters. The van der Waals surface area contributed by atoms with Gasteiger partial charge in [0.15, 0.2) is 0 Å². The SMILES string of the molecule is c1ccc2cc(-c3ccc4c(c3)Cc3cc(-c5ccc6ccccc6c5)ccc3-4)ccc2c1. The van der Waals surface area contributed by atoms with Crippen molar-refractivity contribution in [2.24, 2.45) is 0 Å². The third-order valence-corrected chi connectivity index (χ3v) is 7.05. The molecule has 6 aromatic rings. The van der Waals surface area contributed by atoms with Crippen LogP contribution in [0.15, 0.2) is 121 Å². The highest BCUT2D eigenvalue weighted by Gasteiger charge is 2.19. The quantitative estimate of drug-likeness (QED) is 0.263. The molecule has 1 aliphatic rings. The average molecular weight is 419 g/mol. The van der Waals surface area contributed by atoms with Crippen LogP contribution in [0, 0.1) is 0 Å². The molecule has 0 heteroatoms. The van der Waals surface area contributed by atoms with E-state index in [1.54, 1.807) is 0 Å². The van der Waals surface area contributed by atoms with Crippen molar-refractivity contribution in [3.8, 4) is 33.4 Å². The molecule has 33 heavy (non-hydrogen) atoms. The maximum absolute atomic E-state index is 2.38. The molecule has 0 fully saturated rings. The molecule has 154 valence electrons. The summed E-state index contributed by atoms with van der Waals surface area (Å²) in [4.78, 5) is 0. The highest BCUT2D eigenvalue weighted by Crippen LogP contribution is 2.41. The summed E-state index contributed by atoms with van der Waals surface area (Å²) in [6, 6.07) is 44.6. The molecule has 0 amide bonds. The van der Waals surface area contributed by atoms with Gasteiger partial charge in [-0.15, -0.1) is 0 Å². The number of fused-ring (bicyclic) bond motifs is 5. The second-order valence-corrected chi connectivity index (χ2v) is 9.04. The molecule has 0 spiro atoms. The first kappa shape index (κ1) is 18.4. The Morgan fingerprint density at radius 3 is 1.21 bits per heavy atom. The van der Waals surface area contributed by atoms with Gasteiger partial charge in [0.2, 0.25) is 0 Å². The first-order valence-corrected chi connectivity index (χ1v) is 11.6. The van der Waals surface area contributed by atoms with Gasteiger partial charge in [-0.1, -0.05) is 109 Å². The molecular weight excluding hydrogens is 396 g/mol. The maximum Gasteiger partial charge on any atom is -0.00130 e. The second-order valence-electron chi connectivity index (χ2n) is 9.04. The number of hydrogen-bond acceptors (Lipinski definition) is 0. The second kappa shape index (κ2) is 7.18. The maximum atomic E-state index is 2.38. The molecule has 0 bridgehead atoms. The van der Waals surface area contributed by atoms with Crippen molar-refractivity contribution in [1.82, 2.24) is 0 Å². The minimum atomic E-state index is 0.994. The van der Waals surface area contributed by atoms with E-state index in [9.17, 15) is 0 Å². The first-order chi connectivity index (χ1) is 16.3. The van der Waals surface area contributed by atoms with Gasteiger partial charge >= 0.3 is 0 Å². The predicted octanol–water partition coefficient (Wildman–Crippen LogP) is 8.90. The Morgan fingerprint density at radius 1 is 0.333 bits per heavy atom. The van der Waals surface area contributed by atoms with Crippen LogP contribution < -0.4 is 0 Å². The predicted molar refractivity (Wildman–Crippen MR) is 141 cm³/mol. The highest BCUT2D eigenvalue weighted by molar-refractivity contribution is 5.90. The molecule has 0 aromatic heterocycles. The van der Waals surface area contributed by atoms with Gasteiger partial charge in [-0.05, 0) is 84.6 Å². The Kier molecular flexibility index (Phi) is 4.01. The van der Waals surface area contributed by atoms with Crippen LogP contribution in [0.5, 0.6) is 0 Å². The fourth-order valence-electron chi connectivity index (χ4n) is 5.31. The van der Waals surface area contributed by atoms with Gasteiger partial charge in [-0.2, -0.15) is 0 Å². The van der Waals surface area contributed by atoms with E-state index in [1.165, 1.54) is 66.1 Å². The Hall–Kier alpha value is -4.16. The summed E-state index contributed by atoms with van der Waals surface area (Å²) >= 11 is 0. The summed E-state index contributed by atoms with van der Waals surface area (Å²) in [6.07, 6.45) is 0.994. The van der Waals surface area contributed by atoms with E-state index in [0.29, 0.717) is 0 Å². The molecule has 0 heterocycles. The Morgan fingerprint density at radius 2 is 0.727 bits per heavy atom. The van der Waals surface area contributed by atoms with Crippen LogP contribution >= 0.6 is 0 Å². The molecule has 0 radical (unpaired) electrons. The van der Waals surface area contributed by atoms with Crippen molar-refractivity contribution in [1.29, 1.82) is 0 Å². The van der Waals surface area contributed by atoms with Crippen molar-refractivity contribution in [3.63, 3.8) is 0 Å². The monoisotopic (exact) mass is 418 g/mol. The van der Waals surface area contributed by atoms with Crippen molar-refractivity contribution >= 4 is 21.5 Å². The van der Waals surface area contributed by atoms with E-state index in [1.807, 2.05) is 0 Å². The fraction of sp³-hybridized carbons (Fsp3) is 0.0303. The van der Waals surface area contributed by atoms with Crippen LogP contribution in [0.1, 0.15) is 11.1 Å². The van der Waals surface area contributed by atoms with Crippen LogP contribution in [-0.2, 0) is 6.42 Å². The summed E-state index contributed by atoms with van der Waals surface area (Å²) in [5.41, 5.74) is 10.7. The van der Waals surface area contributed by atoms with Crippen LogP contribution in [-0.4, -0.2) is 0 Å². The summed E-state index contributed by atoms with van der Waals surface area (Å²) < 4.78 is 0. The average Bonchev–Trinajstić information content (AvgIpc) is 3.25. The van der Waals surface area contributed by atoms with E-state index in [-0.39, 0.29) is 0 Å². The molecule has 0 saturated carbocycles. The Bertz CT molecular complexity index is 1560. The van der Waals surface area contributed by atoms with E-state index < -0.39 is 0 Å². The van der Waals surface area contributed by atoms with Crippen molar-refractivity contribution in [3.05, 3.63) is 132 Å². The highest BCUT2D eigenvalue weighted by atomic mass is 14.2. The van der Waals surface area contributed by atoms with Gasteiger partial charge < -0.3 is 0 Å². The van der Waals surface area contributed by atoms with Gasteiger partial charge in [0.05, 0.1) is 0 Å². The lowest BCUT2D eigenvalue weighted by molar-refractivity contribution is 1.26. The molecule has 0 N–H and O–H groups in total. The summed E-state index contributed by atoms with van der Waals surface area (Å²) in [5.74, 6) is 0. The van der Waals surface area contributed by atoms with Crippen LogP contribution in [0.25, 0.3) is 54.9 Å². The third-order valence-electron chi connectivity index (χ3n) is 7.05. The molecule has 0 aliphatic heterocycles. The standard InChI is InChI=1S/C33H22/c1-3-7-24-17-26(11-9-22(24)5-1)28-13-15-32-30(19-28)21-31-20-29(14-16-33(31)32)27-12-10-23-6-2-4-8-25(23)18-27/h1-20H,21H2. The van der Waals surface area contributed by atoms with Gasteiger partial charge in [-0.25, -0.2) is 0 Å². The lowest BCUT2D eigenvalue weighted by Gasteiger charge is -2.08. The number of hydrogen-bond donors (Lipinski definition) is 0. The summed E-state index contributed by atoms with van der Waals surface area (Å²) in [7, 11) is 0. The van der Waals surface area contributed by atoms with E-state index in [4.69, 9.17) is 0 Å². The van der Waals surface area contributed by atoms with Crippen LogP contribution in [0.3, 0.4) is 0 Å². The minimum Gasteiger partial charge on any atom is -0.0616 e. The molecule has 0 unspecified atom stereocenters. The molecule has 7 rings (SSSR count). The summed E-state index contributed by atoms with van der Waals surface area (Å²) in [5, 5.41) is 5.16. The first-order valence-electron chi connectivity index (χ1n) is 11.6.